The van der Waals surface area contributed by atoms with E-state index in [0.717, 1.165) is 19.4 Å². The highest BCUT2D eigenvalue weighted by molar-refractivity contribution is 5.94. The topological polar surface area (TPSA) is 55.1 Å². The standard InChI is InChI=1S/C14H21FN2O/c1-3-4-5-6-7-17-13-9-11(14(16)18)8-12(15)10(13)2/h8-9,17H,3-7H2,1-2H3,(H2,16,18). The summed E-state index contributed by atoms with van der Waals surface area (Å²) < 4.78 is 13.6. The van der Waals surface area contributed by atoms with Crippen LogP contribution in [-0.2, 0) is 0 Å². The number of carbonyl (C=O) groups is 1. The molecule has 0 radical (unpaired) electrons. The molecule has 1 aromatic rings. The fraction of sp³-hybridized carbons (Fsp3) is 0.500. The number of amides is 1. The van der Waals surface area contributed by atoms with Crippen molar-refractivity contribution in [3.8, 4) is 0 Å². The van der Waals surface area contributed by atoms with Crippen LogP contribution in [0.2, 0.25) is 0 Å². The van der Waals surface area contributed by atoms with Crippen molar-refractivity contribution in [3.05, 3.63) is 29.1 Å². The quantitative estimate of drug-likeness (QED) is 0.732. The SMILES string of the molecule is CCCCCCNc1cc(C(N)=O)cc(F)c1C. The van der Waals surface area contributed by atoms with Crippen molar-refractivity contribution < 1.29 is 9.18 Å². The number of carbonyl (C=O) groups excluding carboxylic acids is 1. The molecule has 3 nitrogen and oxygen atoms in total. The van der Waals surface area contributed by atoms with Crippen molar-refractivity contribution in [1.82, 2.24) is 0 Å². The average Bonchev–Trinajstić information content (AvgIpc) is 2.33. The van der Waals surface area contributed by atoms with E-state index in [2.05, 4.69) is 12.2 Å². The zero-order chi connectivity index (χ0) is 13.5. The Morgan fingerprint density at radius 3 is 2.67 bits per heavy atom. The van der Waals surface area contributed by atoms with Crippen LogP contribution < -0.4 is 11.1 Å². The predicted molar refractivity (Wildman–Crippen MR) is 72.3 cm³/mol. The molecule has 0 aromatic heterocycles. The van der Waals surface area contributed by atoms with Crippen LogP contribution in [0.5, 0.6) is 0 Å². The van der Waals surface area contributed by atoms with Crippen LogP contribution in [0.4, 0.5) is 10.1 Å². The molecule has 0 heterocycles. The number of hydrogen-bond donors (Lipinski definition) is 2. The summed E-state index contributed by atoms with van der Waals surface area (Å²) in [6.45, 7) is 4.63. The minimum atomic E-state index is -0.608. The zero-order valence-electron chi connectivity index (χ0n) is 11.1. The molecule has 1 amide bonds. The van der Waals surface area contributed by atoms with E-state index in [0.29, 0.717) is 11.3 Å². The summed E-state index contributed by atoms with van der Waals surface area (Å²) in [5.41, 5.74) is 6.54. The maximum atomic E-state index is 13.6. The third-order valence-electron chi connectivity index (χ3n) is 2.97. The molecule has 18 heavy (non-hydrogen) atoms. The highest BCUT2D eigenvalue weighted by Gasteiger charge is 2.09. The molecule has 0 spiro atoms. The molecular weight excluding hydrogens is 231 g/mol. The van der Waals surface area contributed by atoms with Gasteiger partial charge in [0.1, 0.15) is 5.82 Å². The van der Waals surface area contributed by atoms with Gasteiger partial charge in [-0.1, -0.05) is 26.2 Å². The number of unbranched alkanes of at least 4 members (excludes halogenated alkanes) is 3. The smallest absolute Gasteiger partial charge is 0.248 e. The first-order valence-electron chi connectivity index (χ1n) is 6.40. The van der Waals surface area contributed by atoms with Crippen LogP contribution in [0, 0.1) is 12.7 Å². The third kappa shape index (κ3) is 4.02. The Balaban J connectivity index is 2.66. The van der Waals surface area contributed by atoms with Gasteiger partial charge in [-0.25, -0.2) is 4.39 Å². The maximum Gasteiger partial charge on any atom is 0.248 e. The number of hydrogen-bond acceptors (Lipinski definition) is 2. The van der Waals surface area contributed by atoms with E-state index in [1.54, 1.807) is 13.0 Å². The van der Waals surface area contributed by atoms with Crippen LogP contribution in [0.1, 0.15) is 48.5 Å². The van der Waals surface area contributed by atoms with E-state index in [-0.39, 0.29) is 5.56 Å². The van der Waals surface area contributed by atoms with E-state index in [4.69, 9.17) is 5.73 Å². The van der Waals surface area contributed by atoms with Gasteiger partial charge in [0.2, 0.25) is 5.91 Å². The van der Waals surface area contributed by atoms with Crippen molar-refractivity contribution >= 4 is 11.6 Å². The summed E-state index contributed by atoms with van der Waals surface area (Å²) in [4.78, 5) is 11.1. The van der Waals surface area contributed by atoms with Crippen LogP contribution >= 0.6 is 0 Å². The van der Waals surface area contributed by atoms with Crippen molar-refractivity contribution in [2.45, 2.75) is 39.5 Å². The largest absolute Gasteiger partial charge is 0.385 e. The lowest BCUT2D eigenvalue weighted by Gasteiger charge is -2.11. The van der Waals surface area contributed by atoms with Crippen molar-refractivity contribution in [1.29, 1.82) is 0 Å². The lowest BCUT2D eigenvalue weighted by molar-refractivity contribution is 0.1000. The van der Waals surface area contributed by atoms with Crippen LogP contribution in [0.15, 0.2) is 12.1 Å². The van der Waals surface area contributed by atoms with Gasteiger partial charge in [0.25, 0.3) is 0 Å². The number of anilines is 1. The van der Waals surface area contributed by atoms with Gasteiger partial charge < -0.3 is 11.1 Å². The number of nitrogens with two attached hydrogens (primary N) is 1. The van der Waals surface area contributed by atoms with Crippen LogP contribution in [-0.4, -0.2) is 12.5 Å². The highest BCUT2D eigenvalue weighted by atomic mass is 19.1. The summed E-state index contributed by atoms with van der Waals surface area (Å²) in [7, 11) is 0. The third-order valence-corrected chi connectivity index (χ3v) is 2.97. The van der Waals surface area contributed by atoms with Crippen LogP contribution in [0.3, 0.4) is 0 Å². The first-order chi connectivity index (χ1) is 8.56. The maximum absolute atomic E-state index is 13.6. The molecule has 1 aromatic carbocycles. The predicted octanol–water partition coefficient (Wildman–Crippen LogP) is 3.23. The number of primary amides is 1. The molecule has 0 atom stereocenters. The summed E-state index contributed by atoms with van der Waals surface area (Å²) in [6, 6.07) is 2.79. The van der Waals surface area contributed by atoms with Gasteiger partial charge in [0, 0.05) is 23.4 Å². The fourth-order valence-corrected chi connectivity index (χ4v) is 1.78. The lowest BCUT2D eigenvalue weighted by atomic mass is 10.1. The molecule has 0 unspecified atom stereocenters. The molecule has 0 aliphatic heterocycles. The molecule has 0 aliphatic carbocycles. The van der Waals surface area contributed by atoms with Crippen molar-refractivity contribution in [2.75, 3.05) is 11.9 Å². The number of rotatable bonds is 7. The second-order valence-electron chi connectivity index (χ2n) is 4.48. The summed E-state index contributed by atoms with van der Waals surface area (Å²) >= 11 is 0. The molecule has 1 rings (SSSR count). The van der Waals surface area contributed by atoms with Crippen molar-refractivity contribution in [2.24, 2.45) is 5.73 Å². The van der Waals surface area contributed by atoms with E-state index in [1.165, 1.54) is 18.9 Å². The Morgan fingerprint density at radius 2 is 2.06 bits per heavy atom. The van der Waals surface area contributed by atoms with Gasteiger partial charge in [-0.2, -0.15) is 0 Å². The van der Waals surface area contributed by atoms with Gasteiger partial charge in [-0.05, 0) is 25.5 Å². The van der Waals surface area contributed by atoms with Crippen LogP contribution in [0.25, 0.3) is 0 Å². The monoisotopic (exact) mass is 252 g/mol. The van der Waals surface area contributed by atoms with Gasteiger partial charge in [0.15, 0.2) is 0 Å². The minimum absolute atomic E-state index is 0.203. The number of benzene rings is 1. The molecular formula is C14H21FN2O. The second kappa shape index (κ2) is 6.99. The molecule has 100 valence electrons. The van der Waals surface area contributed by atoms with E-state index in [1.807, 2.05) is 0 Å². The van der Waals surface area contributed by atoms with E-state index < -0.39 is 11.7 Å². The van der Waals surface area contributed by atoms with E-state index >= 15 is 0 Å². The molecule has 0 saturated heterocycles. The first-order valence-corrected chi connectivity index (χ1v) is 6.40. The first kappa shape index (κ1) is 14.5. The molecule has 0 bridgehead atoms. The zero-order valence-corrected chi connectivity index (χ0v) is 11.1. The normalized spacial score (nSPS) is 10.4. The Bertz CT molecular complexity index is 419. The lowest BCUT2D eigenvalue weighted by Crippen LogP contribution is -2.13. The van der Waals surface area contributed by atoms with Gasteiger partial charge in [-0.15, -0.1) is 0 Å². The molecule has 3 N–H and O–H groups in total. The van der Waals surface area contributed by atoms with Crippen molar-refractivity contribution in [3.63, 3.8) is 0 Å². The fourth-order valence-electron chi connectivity index (χ4n) is 1.78. The number of nitrogens with one attached hydrogen (secondary N) is 1. The highest BCUT2D eigenvalue weighted by Crippen LogP contribution is 2.20. The molecule has 0 aliphatic rings. The summed E-state index contributed by atoms with van der Waals surface area (Å²) in [5.74, 6) is -1.01. The average molecular weight is 252 g/mol. The molecule has 4 heteroatoms. The molecule has 0 saturated carbocycles. The summed E-state index contributed by atoms with van der Waals surface area (Å²) in [5, 5.41) is 3.16. The van der Waals surface area contributed by atoms with E-state index in [9.17, 15) is 9.18 Å². The minimum Gasteiger partial charge on any atom is -0.385 e. The van der Waals surface area contributed by atoms with Gasteiger partial charge in [0.05, 0.1) is 0 Å². The Kier molecular flexibility index (Phi) is 5.62. The second-order valence-corrected chi connectivity index (χ2v) is 4.48. The summed E-state index contributed by atoms with van der Waals surface area (Å²) in [6.07, 6.45) is 4.58. The van der Waals surface area contributed by atoms with Gasteiger partial charge in [-0.3, -0.25) is 4.79 Å². The van der Waals surface area contributed by atoms with Gasteiger partial charge >= 0.3 is 0 Å². The molecule has 0 fully saturated rings. The Labute approximate surface area is 108 Å². The Morgan fingerprint density at radius 1 is 1.33 bits per heavy atom. The Hall–Kier alpha value is -1.58. The number of halogens is 1.